The van der Waals surface area contributed by atoms with Crippen LogP contribution in [0.5, 0.6) is 0 Å². The highest BCUT2D eigenvalue weighted by Crippen LogP contribution is 2.33. The topological polar surface area (TPSA) is 58.4 Å². The van der Waals surface area contributed by atoms with E-state index in [1.807, 2.05) is 12.1 Å². The monoisotopic (exact) mass is 289 g/mol. The average Bonchev–Trinajstić information content (AvgIpc) is 2.54. The second kappa shape index (κ2) is 6.83. The number of nitrogens with two attached hydrogens (primary N) is 1. The van der Waals surface area contributed by atoms with E-state index in [-0.39, 0.29) is 5.91 Å². The number of carbonyl (C=O) groups excluding carboxylic acids is 1. The summed E-state index contributed by atoms with van der Waals surface area (Å²) >= 11 is 0. The average molecular weight is 289 g/mol. The third-order valence-corrected chi connectivity index (χ3v) is 4.84. The Balaban J connectivity index is 2.15. The normalized spacial score (nSPS) is 21.9. The van der Waals surface area contributed by atoms with Crippen LogP contribution in [0.4, 0.5) is 11.4 Å². The fourth-order valence-corrected chi connectivity index (χ4v) is 3.27. The molecule has 116 valence electrons. The lowest BCUT2D eigenvalue weighted by Gasteiger charge is -2.36. The summed E-state index contributed by atoms with van der Waals surface area (Å²) in [7, 11) is 3.74. The van der Waals surface area contributed by atoms with E-state index in [0.29, 0.717) is 11.6 Å². The van der Waals surface area contributed by atoms with E-state index in [9.17, 15) is 4.79 Å². The smallest absolute Gasteiger partial charge is 0.251 e. The molecule has 0 aliphatic heterocycles. The molecule has 4 heteroatoms. The molecule has 3 N–H and O–H groups in total. The number of hydrogen-bond acceptors (Lipinski definition) is 3. The van der Waals surface area contributed by atoms with Crippen molar-refractivity contribution in [1.82, 2.24) is 5.32 Å². The van der Waals surface area contributed by atoms with Gasteiger partial charge in [0.25, 0.3) is 5.91 Å². The summed E-state index contributed by atoms with van der Waals surface area (Å²) in [6, 6.07) is 6.03. The molecule has 0 unspecified atom stereocenters. The van der Waals surface area contributed by atoms with Crippen LogP contribution in [0.2, 0.25) is 0 Å². The van der Waals surface area contributed by atoms with Crippen molar-refractivity contribution in [2.45, 2.75) is 45.1 Å². The van der Waals surface area contributed by atoms with Crippen LogP contribution in [0.15, 0.2) is 18.2 Å². The number of carbonyl (C=O) groups is 1. The van der Waals surface area contributed by atoms with E-state index in [4.69, 9.17) is 5.73 Å². The lowest BCUT2D eigenvalue weighted by molar-refractivity contribution is 0.0963. The number of nitrogens with one attached hydrogen (secondary N) is 1. The number of nitrogen functional groups attached to an aromatic ring is 1. The fraction of sp³-hybridized carbons (Fsp3) is 0.588. The molecule has 4 nitrogen and oxygen atoms in total. The summed E-state index contributed by atoms with van der Waals surface area (Å²) in [5.41, 5.74) is 8.49. The Morgan fingerprint density at radius 2 is 2.00 bits per heavy atom. The van der Waals surface area contributed by atoms with Gasteiger partial charge in [0.15, 0.2) is 0 Å². The summed E-state index contributed by atoms with van der Waals surface area (Å²) in [5.74, 6) is 0.809. The van der Waals surface area contributed by atoms with Crippen molar-refractivity contribution in [3.05, 3.63) is 23.8 Å². The van der Waals surface area contributed by atoms with E-state index >= 15 is 0 Å². The van der Waals surface area contributed by atoms with Crippen LogP contribution < -0.4 is 16.0 Å². The lowest BCUT2D eigenvalue weighted by Crippen LogP contribution is -2.35. The first-order valence-electron chi connectivity index (χ1n) is 7.91. The minimum absolute atomic E-state index is 0.0701. The number of nitrogens with zero attached hydrogens (tertiary/aromatic N) is 1. The molecule has 1 saturated carbocycles. The van der Waals surface area contributed by atoms with Crippen molar-refractivity contribution < 1.29 is 4.79 Å². The zero-order valence-corrected chi connectivity index (χ0v) is 13.4. The van der Waals surface area contributed by atoms with Gasteiger partial charge in [-0.3, -0.25) is 4.79 Å². The standard InChI is InChI=1S/C17H27N3O/c1-4-12-5-8-14(9-6-12)20(3)16-11-13(17(21)19-2)7-10-15(16)18/h7,10-12,14H,4-6,8-9,18H2,1-3H3,(H,19,21). The first kappa shape index (κ1) is 15.7. The largest absolute Gasteiger partial charge is 0.397 e. The number of amides is 1. The van der Waals surface area contributed by atoms with Gasteiger partial charge < -0.3 is 16.0 Å². The van der Waals surface area contributed by atoms with Crippen molar-refractivity contribution in [3.8, 4) is 0 Å². The van der Waals surface area contributed by atoms with E-state index in [1.54, 1.807) is 13.1 Å². The van der Waals surface area contributed by atoms with Gasteiger partial charge in [-0.2, -0.15) is 0 Å². The Hall–Kier alpha value is -1.71. The Morgan fingerprint density at radius 1 is 1.33 bits per heavy atom. The zero-order valence-electron chi connectivity index (χ0n) is 13.4. The number of benzene rings is 1. The molecule has 21 heavy (non-hydrogen) atoms. The highest BCUT2D eigenvalue weighted by atomic mass is 16.1. The van der Waals surface area contributed by atoms with Crippen molar-refractivity contribution in [1.29, 1.82) is 0 Å². The summed E-state index contributed by atoms with van der Waals surface area (Å²) in [6.45, 7) is 2.28. The molecule has 0 atom stereocenters. The molecular formula is C17H27N3O. The molecule has 0 heterocycles. The summed E-state index contributed by atoms with van der Waals surface area (Å²) < 4.78 is 0. The third kappa shape index (κ3) is 3.49. The van der Waals surface area contributed by atoms with E-state index in [0.717, 1.165) is 17.3 Å². The van der Waals surface area contributed by atoms with Crippen LogP contribution in [0.1, 0.15) is 49.4 Å². The summed E-state index contributed by atoms with van der Waals surface area (Å²) in [5, 5.41) is 2.66. The number of rotatable bonds is 4. The van der Waals surface area contributed by atoms with Gasteiger partial charge in [0.05, 0.1) is 11.4 Å². The minimum atomic E-state index is -0.0701. The molecule has 1 aromatic carbocycles. The number of anilines is 2. The predicted molar refractivity (Wildman–Crippen MR) is 88.7 cm³/mol. The molecule has 0 spiro atoms. The molecular weight excluding hydrogens is 262 g/mol. The highest BCUT2D eigenvalue weighted by Gasteiger charge is 2.24. The number of hydrogen-bond donors (Lipinski definition) is 2. The van der Waals surface area contributed by atoms with Crippen LogP contribution in [-0.4, -0.2) is 26.0 Å². The van der Waals surface area contributed by atoms with Gasteiger partial charge in [-0.1, -0.05) is 13.3 Å². The van der Waals surface area contributed by atoms with Crippen LogP contribution in [-0.2, 0) is 0 Å². The van der Waals surface area contributed by atoms with Crippen molar-refractivity contribution in [2.24, 2.45) is 5.92 Å². The Kier molecular flexibility index (Phi) is 5.10. The highest BCUT2D eigenvalue weighted by molar-refractivity contribution is 5.96. The van der Waals surface area contributed by atoms with Gasteiger partial charge in [0, 0.05) is 25.7 Å². The molecule has 0 radical (unpaired) electrons. The maximum Gasteiger partial charge on any atom is 0.251 e. The predicted octanol–water partition coefficient (Wildman–Crippen LogP) is 3.03. The molecule has 0 aromatic heterocycles. The van der Waals surface area contributed by atoms with E-state index in [2.05, 4.69) is 24.2 Å². The van der Waals surface area contributed by atoms with Crippen LogP contribution in [0.25, 0.3) is 0 Å². The SMILES string of the molecule is CCC1CCC(N(C)c2cc(C(=O)NC)ccc2N)CC1. The summed E-state index contributed by atoms with van der Waals surface area (Å²) in [4.78, 5) is 14.0. The van der Waals surface area contributed by atoms with Gasteiger partial charge in [-0.25, -0.2) is 0 Å². The quantitative estimate of drug-likeness (QED) is 0.838. The minimum Gasteiger partial charge on any atom is -0.397 e. The molecule has 1 aromatic rings. The fourth-order valence-electron chi connectivity index (χ4n) is 3.27. The third-order valence-electron chi connectivity index (χ3n) is 4.84. The Bertz CT molecular complexity index is 493. The Morgan fingerprint density at radius 3 is 2.57 bits per heavy atom. The van der Waals surface area contributed by atoms with Crippen LogP contribution >= 0.6 is 0 Å². The van der Waals surface area contributed by atoms with Gasteiger partial charge in [0.1, 0.15) is 0 Å². The van der Waals surface area contributed by atoms with E-state index < -0.39 is 0 Å². The van der Waals surface area contributed by atoms with Gasteiger partial charge in [0.2, 0.25) is 0 Å². The van der Waals surface area contributed by atoms with Gasteiger partial charge >= 0.3 is 0 Å². The van der Waals surface area contributed by atoms with Crippen LogP contribution in [0.3, 0.4) is 0 Å². The van der Waals surface area contributed by atoms with Crippen molar-refractivity contribution >= 4 is 17.3 Å². The Labute approximate surface area is 127 Å². The maximum absolute atomic E-state index is 11.8. The second-order valence-corrected chi connectivity index (χ2v) is 6.05. The lowest BCUT2D eigenvalue weighted by atomic mass is 9.84. The molecule has 0 bridgehead atoms. The second-order valence-electron chi connectivity index (χ2n) is 6.05. The maximum atomic E-state index is 11.8. The van der Waals surface area contributed by atoms with Crippen molar-refractivity contribution in [3.63, 3.8) is 0 Å². The van der Waals surface area contributed by atoms with E-state index in [1.165, 1.54) is 32.1 Å². The summed E-state index contributed by atoms with van der Waals surface area (Å²) in [6.07, 6.45) is 6.28. The van der Waals surface area contributed by atoms with Crippen LogP contribution in [0, 0.1) is 5.92 Å². The molecule has 2 rings (SSSR count). The zero-order chi connectivity index (χ0) is 15.4. The van der Waals surface area contributed by atoms with Gasteiger partial charge in [-0.15, -0.1) is 0 Å². The molecule has 0 saturated heterocycles. The van der Waals surface area contributed by atoms with Crippen molar-refractivity contribution in [2.75, 3.05) is 24.7 Å². The first-order valence-corrected chi connectivity index (χ1v) is 7.91. The first-order chi connectivity index (χ1) is 10.1. The molecule has 1 aliphatic rings. The van der Waals surface area contributed by atoms with Gasteiger partial charge in [-0.05, 0) is 49.8 Å². The molecule has 1 fully saturated rings. The molecule has 1 aliphatic carbocycles. The molecule has 1 amide bonds.